The molecule has 0 atom stereocenters. The monoisotopic (exact) mass is 341 g/mol. The lowest BCUT2D eigenvalue weighted by Crippen LogP contribution is -2.34. The van der Waals surface area contributed by atoms with Crippen molar-refractivity contribution < 1.29 is 0 Å². The minimum atomic E-state index is 0.660. The summed E-state index contributed by atoms with van der Waals surface area (Å²) in [5.41, 5.74) is 2.60. The van der Waals surface area contributed by atoms with E-state index in [2.05, 4.69) is 77.2 Å². The van der Waals surface area contributed by atoms with Crippen LogP contribution in [0.4, 0.5) is 5.69 Å². The van der Waals surface area contributed by atoms with Crippen LogP contribution < -0.4 is 10.2 Å². The van der Waals surface area contributed by atoms with Gasteiger partial charge in [-0.05, 0) is 44.8 Å². The van der Waals surface area contributed by atoms with Gasteiger partial charge in [0, 0.05) is 36.3 Å². The highest BCUT2D eigenvalue weighted by molar-refractivity contribution is 9.10. The van der Waals surface area contributed by atoms with Gasteiger partial charge in [-0.2, -0.15) is 0 Å². The molecule has 1 aromatic carbocycles. The molecule has 0 heterocycles. The van der Waals surface area contributed by atoms with Gasteiger partial charge >= 0.3 is 0 Å². The summed E-state index contributed by atoms with van der Waals surface area (Å²) < 4.78 is 1.18. The maximum atomic E-state index is 3.69. The number of hydrogen-bond donors (Lipinski definition) is 1. The van der Waals surface area contributed by atoms with Crippen LogP contribution in [0.1, 0.15) is 19.4 Å². The second-order valence-electron chi connectivity index (χ2n) is 5.95. The molecular weight excluding hydrogens is 314 g/mol. The average Bonchev–Trinajstić information content (AvgIpc) is 2.36. The first-order valence-electron chi connectivity index (χ1n) is 7.26. The van der Waals surface area contributed by atoms with E-state index < -0.39 is 0 Å². The van der Waals surface area contributed by atoms with E-state index in [1.54, 1.807) is 0 Å². The van der Waals surface area contributed by atoms with Crippen molar-refractivity contribution in [3.63, 3.8) is 0 Å². The molecule has 0 saturated carbocycles. The molecule has 0 radical (unpaired) electrons. The van der Waals surface area contributed by atoms with Crippen LogP contribution in [-0.2, 0) is 6.54 Å². The fraction of sp³-hybridized carbons (Fsp3) is 0.625. The minimum absolute atomic E-state index is 0.660. The van der Waals surface area contributed by atoms with E-state index in [4.69, 9.17) is 0 Å². The number of hydrogen-bond acceptors (Lipinski definition) is 3. The van der Waals surface area contributed by atoms with E-state index in [-0.39, 0.29) is 0 Å². The van der Waals surface area contributed by atoms with Crippen LogP contribution in [0.2, 0.25) is 0 Å². The third-order valence-electron chi connectivity index (χ3n) is 3.17. The molecule has 0 aliphatic carbocycles. The molecule has 20 heavy (non-hydrogen) atoms. The van der Waals surface area contributed by atoms with Gasteiger partial charge in [-0.1, -0.05) is 35.8 Å². The van der Waals surface area contributed by atoms with Crippen LogP contribution in [0.3, 0.4) is 0 Å². The Morgan fingerprint density at radius 2 is 1.90 bits per heavy atom. The highest BCUT2D eigenvalue weighted by Gasteiger charge is 2.11. The molecule has 114 valence electrons. The van der Waals surface area contributed by atoms with Crippen LogP contribution in [0.15, 0.2) is 22.7 Å². The van der Waals surface area contributed by atoms with Crippen LogP contribution >= 0.6 is 15.9 Å². The van der Waals surface area contributed by atoms with Crippen molar-refractivity contribution >= 4 is 21.6 Å². The van der Waals surface area contributed by atoms with Gasteiger partial charge in [-0.25, -0.2) is 0 Å². The number of likely N-dealkylation sites (N-methyl/N-ethyl adjacent to an activating group) is 1. The number of nitrogens with zero attached hydrogens (tertiary/aromatic N) is 2. The molecule has 1 N–H and O–H groups in total. The Bertz CT molecular complexity index is 405. The Morgan fingerprint density at radius 1 is 1.20 bits per heavy atom. The molecule has 0 bridgehead atoms. The normalized spacial score (nSPS) is 11.4. The van der Waals surface area contributed by atoms with Crippen LogP contribution in [0.25, 0.3) is 0 Å². The number of halogens is 1. The number of anilines is 1. The fourth-order valence-electron chi connectivity index (χ4n) is 2.15. The summed E-state index contributed by atoms with van der Waals surface area (Å²) in [4.78, 5) is 4.70. The Labute approximate surface area is 132 Å². The third kappa shape index (κ3) is 5.81. The van der Waals surface area contributed by atoms with Crippen molar-refractivity contribution in [3.05, 3.63) is 28.2 Å². The van der Waals surface area contributed by atoms with E-state index in [1.807, 2.05) is 7.05 Å². The van der Waals surface area contributed by atoms with Crippen molar-refractivity contribution in [1.82, 2.24) is 10.2 Å². The molecule has 0 unspecified atom stereocenters. The van der Waals surface area contributed by atoms with Crippen molar-refractivity contribution in [2.75, 3.05) is 45.7 Å². The van der Waals surface area contributed by atoms with E-state index >= 15 is 0 Å². The van der Waals surface area contributed by atoms with Gasteiger partial charge in [0.1, 0.15) is 0 Å². The van der Waals surface area contributed by atoms with E-state index in [0.29, 0.717) is 5.92 Å². The summed E-state index contributed by atoms with van der Waals surface area (Å²) in [6.07, 6.45) is 0. The molecule has 0 saturated heterocycles. The van der Waals surface area contributed by atoms with Crippen molar-refractivity contribution in [1.29, 1.82) is 0 Å². The van der Waals surface area contributed by atoms with Crippen molar-refractivity contribution in [2.24, 2.45) is 5.92 Å². The fourth-order valence-corrected chi connectivity index (χ4v) is 2.66. The molecule has 0 aromatic heterocycles. The SMILES string of the molecule is CNCc1ccc(N(CCN(C)C)CC(C)C)cc1Br. The average molecular weight is 342 g/mol. The quantitative estimate of drug-likeness (QED) is 0.783. The first-order chi connectivity index (χ1) is 9.43. The van der Waals surface area contributed by atoms with E-state index in [0.717, 1.165) is 26.2 Å². The summed E-state index contributed by atoms with van der Waals surface area (Å²) in [5.74, 6) is 0.660. The zero-order valence-electron chi connectivity index (χ0n) is 13.4. The number of nitrogens with one attached hydrogen (secondary N) is 1. The Hall–Kier alpha value is -0.580. The number of rotatable bonds is 8. The Morgan fingerprint density at radius 3 is 2.40 bits per heavy atom. The Balaban J connectivity index is 2.86. The minimum Gasteiger partial charge on any atom is -0.370 e. The van der Waals surface area contributed by atoms with E-state index in [9.17, 15) is 0 Å². The standard InChI is InChI=1S/C16H28BrN3/c1-13(2)12-20(9-8-19(4)5)15-7-6-14(11-18-3)16(17)10-15/h6-7,10,13,18H,8-9,11-12H2,1-5H3. The molecule has 0 fully saturated rings. The Kier molecular flexibility index (Phi) is 7.56. The lowest BCUT2D eigenvalue weighted by atomic mass is 10.1. The molecule has 0 amide bonds. The van der Waals surface area contributed by atoms with Gasteiger partial charge in [-0.15, -0.1) is 0 Å². The van der Waals surface area contributed by atoms with Crippen LogP contribution in [0, 0.1) is 5.92 Å². The molecule has 0 spiro atoms. The van der Waals surface area contributed by atoms with Gasteiger partial charge in [0.05, 0.1) is 0 Å². The summed E-state index contributed by atoms with van der Waals surface area (Å²) in [6, 6.07) is 6.68. The largest absolute Gasteiger partial charge is 0.370 e. The summed E-state index contributed by atoms with van der Waals surface area (Å²) in [6.45, 7) is 8.65. The van der Waals surface area contributed by atoms with Gasteiger partial charge in [0.2, 0.25) is 0 Å². The van der Waals surface area contributed by atoms with Crippen LogP contribution in [-0.4, -0.2) is 45.7 Å². The number of benzene rings is 1. The lowest BCUT2D eigenvalue weighted by molar-refractivity contribution is 0.409. The smallest absolute Gasteiger partial charge is 0.0378 e. The first-order valence-corrected chi connectivity index (χ1v) is 8.06. The summed E-state index contributed by atoms with van der Waals surface area (Å²) >= 11 is 3.69. The molecule has 1 rings (SSSR count). The lowest BCUT2D eigenvalue weighted by Gasteiger charge is -2.28. The molecule has 3 nitrogen and oxygen atoms in total. The van der Waals surface area contributed by atoms with Crippen LogP contribution in [0.5, 0.6) is 0 Å². The van der Waals surface area contributed by atoms with Gasteiger partial charge in [-0.3, -0.25) is 0 Å². The zero-order chi connectivity index (χ0) is 15.1. The maximum Gasteiger partial charge on any atom is 0.0378 e. The molecule has 0 aliphatic heterocycles. The van der Waals surface area contributed by atoms with E-state index in [1.165, 1.54) is 15.7 Å². The second-order valence-corrected chi connectivity index (χ2v) is 6.80. The van der Waals surface area contributed by atoms with Gasteiger partial charge in [0.15, 0.2) is 0 Å². The molecule has 1 aromatic rings. The highest BCUT2D eigenvalue weighted by Crippen LogP contribution is 2.25. The third-order valence-corrected chi connectivity index (χ3v) is 3.91. The maximum absolute atomic E-state index is 3.69. The zero-order valence-corrected chi connectivity index (χ0v) is 15.0. The molecule has 0 aliphatic rings. The van der Waals surface area contributed by atoms with Gasteiger partial charge < -0.3 is 15.1 Å². The predicted octanol–water partition coefficient (Wildman–Crippen LogP) is 3.19. The molecular formula is C16H28BrN3. The summed E-state index contributed by atoms with van der Waals surface area (Å²) in [7, 11) is 6.22. The summed E-state index contributed by atoms with van der Waals surface area (Å²) in [5, 5.41) is 3.20. The first kappa shape index (κ1) is 17.5. The topological polar surface area (TPSA) is 18.5 Å². The predicted molar refractivity (Wildman–Crippen MR) is 92.5 cm³/mol. The van der Waals surface area contributed by atoms with Crippen molar-refractivity contribution in [3.8, 4) is 0 Å². The van der Waals surface area contributed by atoms with Gasteiger partial charge in [0.25, 0.3) is 0 Å². The molecule has 4 heteroatoms. The van der Waals surface area contributed by atoms with Crippen molar-refractivity contribution in [2.45, 2.75) is 20.4 Å². The second kappa shape index (κ2) is 8.65. The highest BCUT2D eigenvalue weighted by atomic mass is 79.9.